The van der Waals surface area contributed by atoms with Crippen molar-refractivity contribution in [2.45, 2.75) is 20.4 Å². The highest BCUT2D eigenvalue weighted by molar-refractivity contribution is 6.06. The molecule has 0 radical (unpaired) electrons. The zero-order valence-corrected chi connectivity index (χ0v) is 16.6. The first-order valence-corrected chi connectivity index (χ1v) is 9.39. The van der Waals surface area contributed by atoms with E-state index in [-0.39, 0.29) is 5.91 Å². The van der Waals surface area contributed by atoms with Crippen molar-refractivity contribution in [2.75, 3.05) is 12.4 Å². The fraction of sp³-hybridized carbons (Fsp3) is 0.174. The van der Waals surface area contributed by atoms with Gasteiger partial charge in [0, 0.05) is 11.3 Å². The molecule has 0 bridgehead atoms. The van der Waals surface area contributed by atoms with Crippen LogP contribution in [0.2, 0.25) is 0 Å². The molecule has 1 heterocycles. The van der Waals surface area contributed by atoms with Crippen LogP contribution in [0.4, 0.5) is 5.69 Å². The van der Waals surface area contributed by atoms with Crippen molar-refractivity contribution >= 4 is 22.6 Å². The Bertz CT molecular complexity index is 1180. The number of ether oxygens (including phenoxy) is 1. The second kappa shape index (κ2) is 7.75. The molecule has 0 fully saturated rings. The molecule has 0 aliphatic rings. The zero-order valence-electron chi connectivity index (χ0n) is 16.6. The summed E-state index contributed by atoms with van der Waals surface area (Å²) in [7, 11) is 1.65. The molecule has 0 saturated carbocycles. The zero-order chi connectivity index (χ0) is 20.4. The van der Waals surface area contributed by atoms with Gasteiger partial charge in [0.25, 0.3) is 5.91 Å². The minimum atomic E-state index is -0.162. The summed E-state index contributed by atoms with van der Waals surface area (Å²) in [4.78, 5) is 12.7. The highest BCUT2D eigenvalue weighted by atomic mass is 16.5. The number of anilines is 1. The molecule has 0 saturated heterocycles. The minimum Gasteiger partial charge on any atom is -0.497 e. The van der Waals surface area contributed by atoms with E-state index in [0.717, 1.165) is 33.6 Å². The third kappa shape index (κ3) is 3.82. The molecule has 0 atom stereocenters. The van der Waals surface area contributed by atoms with Gasteiger partial charge in [0.15, 0.2) is 0 Å². The third-order valence-corrected chi connectivity index (χ3v) is 5.12. The van der Waals surface area contributed by atoms with Gasteiger partial charge in [0.1, 0.15) is 11.3 Å². The van der Waals surface area contributed by atoms with Gasteiger partial charge >= 0.3 is 0 Å². The van der Waals surface area contributed by atoms with Gasteiger partial charge in [0.2, 0.25) is 0 Å². The Labute approximate surface area is 169 Å². The number of hydrogen-bond donors (Lipinski definition) is 1. The van der Waals surface area contributed by atoms with Gasteiger partial charge in [-0.05, 0) is 66.9 Å². The molecule has 1 aromatic heterocycles. The van der Waals surface area contributed by atoms with E-state index in [1.165, 1.54) is 0 Å². The average Bonchev–Trinajstić information content (AvgIpc) is 3.14. The topological polar surface area (TPSA) is 69.0 Å². The molecule has 4 rings (SSSR count). The fourth-order valence-corrected chi connectivity index (χ4v) is 3.22. The number of nitrogens with one attached hydrogen (secondary N) is 1. The Morgan fingerprint density at radius 3 is 2.62 bits per heavy atom. The lowest BCUT2D eigenvalue weighted by Crippen LogP contribution is -2.13. The number of aromatic nitrogens is 3. The van der Waals surface area contributed by atoms with Crippen molar-refractivity contribution in [3.8, 4) is 5.75 Å². The quantitative estimate of drug-likeness (QED) is 0.553. The minimum absolute atomic E-state index is 0.162. The standard InChI is InChI=1S/C23H22N4O2/c1-15-5-4-6-20(16(15)2)24-23(28)18-9-12-22-21(13-18)25-26-27(22)14-17-7-10-19(29-3)11-8-17/h4-13H,14H2,1-3H3,(H,24,28). The van der Waals surface area contributed by atoms with Gasteiger partial charge in [-0.2, -0.15) is 0 Å². The lowest BCUT2D eigenvalue weighted by Gasteiger charge is -2.10. The van der Waals surface area contributed by atoms with E-state index in [9.17, 15) is 4.79 Å². The van der Waals surface area contributed by atoms with Crippen molar-refractivity contribution in [3.63, 3.8) is 0 Å². The number of methoxy groups -OCH3 is 1. The smallest absolute Gasteiger partial charge is 0.255 e. The van der Waals surface area contributed by atoms with Crippen LogP contribution in [0, 0.1) is 13.8 Å². The van der Waals surface area contributed by atoms with Crippen molar-refractivity contribution < 1.29 is 9.53 Å². The third-order valence-electron chi connectivity index (χ3n) is 5.12. The van der Waals surface area contributed by atoms with E-state index in [4.69, 9.17) is 4.74 Å². The predicted octanol–water partition coefficient (Wildman–Crippen LogP) is 4.36. The monoisotopic (exact) mass is 386 g/mol. The van der Waals surface area contributed by atoms with Crippen LogP contribution in [0.5, 0.6) is 5.75 Å². The van der Waals surface area contributed by atoms with Crippen molar-refractivity contribution in [1.82, 2.24) is 15.0 Å². The van der Waals surface area contributed by atoms with Crippen molar-refractivity contribution in [1.29, 1.82) is 0 Å². The highest BCUT2D eigenvalue weighted by Gasteiger charge is 2.12. The molecule has 146 valence electrons. The number of aryl methyl sites for hydroxylation is 1. The first-order chi connectivity index (χ1) is 14.0. The Balaban J connectivity index is 1.55. The Morgan fingerprint density at radius 2 is 1.86 bits per heavy atom. The normalized spacial score (nSPS) is 10.9. The highest BCUT2D eigenvalue weighted by Crippen LogP contribution is 2.21. The molecule has 1 amide bonds. The summed E-state index contributed by atoms with van der Waals surface area (Å²) in [6.07, 6.45) is 0. The summed E-state index contributed by atoms with van der Waals surface area (Å²) in [6.45, 7) is 4.62. The maximum Gasteiger partial charge on any atom is 0.255 e. The molecule has 0 aliphatic heterocycles. The van der Waals surface area contributed by atoms with Crippen LogP contribution in [0.25, 0.3) is 11.0 Å². The van der Waals surface area contributed by atoms with Gasteiger partial charge in [-0.15, -0.1) is 5.10 Å². The van der Waals surface area contributed by atoms with Crippen LogP contribution in [0.15, 0.2) is 60.7 Å². The number of rotatable bonds is 5. The summed E-state index contributed by atoms with van der Waals surface area (Å²) in [6, 6.07) is 19.2. The SMILES string of the molecule is COc1ccc(Cn2nnc3cc(C(=O)Nc4cccc(C)c4C)ccc32)cc1. The number of carbonyl (C=O) groups is 1. The first kappa shape index (κ1) is 18.7. The molecule has 6 heteroatoms. The summed E-state index contributed by atoms with van der Waals surface area (Å²) < 4.78 is 7.02. The molecule has 3 aromatic carbocycles. The predicted molar refractivity (Wildman–Crippen MR) is 113 cm³/mol. The Morgan fingerprint density at radius 1 is 1.07 bits per heavy atom. The van der Waals surface area contributed by atoms with E-state index in [1.54, 1.807) is 19.2 Å². The lowest BCUT2D eigenvalue weighted by molar-refractivity contribution is 0.102. The number of amides is 1. The molecule has 0 unspecified atom stereocenters. The summed E-state index contributed by atoms with van der Waals surface area (Å²) >= 11 is 0. The van der Waals surface area contributed by atoms with Crippen molar-refractivity contribution in [2.24, 2.45) is 0 Å². The summed E-state index contributed by atoms with van der Waals surface area (Å²) in [5.41, 5.74) is 6.23. The van der Waals surface area contributed by atoms with Gasteiger partial charge < -0.3 is 10.1 Å². The second-order valence-electron chi connectivity index (χ2n) is 7.00. The Hall–Kier alpha value is -3.67. The molecule has 1 N–H and O–H groups in total. The number of benzene rings is 3. The second-order valence-corrected chi connectivity index (χ2v) is 7.00. The summed E-state index contributed by atoms with van der Waals surface area (Å²) in [5.74, 6) is 0.655. The van der Waals surface area contributed by atoms with E-state index < -0.39 is 0 Å². The van der Waals surface area contributed by atoms with Crippen LogP contribution in [-0.4, -0.2) is 28.0 Å². The molecule has 0 aliphatic carbocycles. The number of fused-ring (bicyclic) bond motifs is 1. The van der Waals surface area contributed by atoms with Gasteiger partial charge in [-0.25, -0.2) is 4.68 Å². The first-order valence-electron chi connectivity index (χ1n) is 9.39. The molecular weight excluding hydrogens is 364 g/mol. The maximum atomic E-state index is 12.7. The largest absolute Gasteiger partial charge is 0.497 e. The fourth-order valence-electron chi connectivity index (χ4n) is 3.22. The Kier molecular flexibility index (Phi) is 4.99. The molecule has 29 heavy (non-hydrogen) atoms. The average molecular weight is 386 g/mol. The molecule has 6 nitrogen and oxygen atoms in total. The number of nitrogens with zero attached hydrogens (tertiary/aromatic N) is 3. The molecule has 4 aromatic rings. The van der Waals surface area contributed by atoms with Crippen LogP contribution in [0.3, 0.4) is 0 Å². The van der Waals surface area contributed by atoms with E-state index in [2.05, 4.69) is 15.6 Å². The van der Waals surface area contributed by atoms with Gasteiger partial charge in [-0.1, -0.05) is 29.5 Å². The van der Waals surface area contributed by atoms with Crippen LogP contribution >= 0.6 is 0 Å². The molecule has 0 spiro atoms. The maximum absolute atomic E-state index is 12.7. The number of carbonyl (C=O) groups excluding carboxylic acids is 1. The number of hydrogen-bond acceptors (Lipinski definition) is 4. The molecular formula is C23H22N4O2. The van der Waals surface area contributed by atoms with E-state index in [0.29, 0.717) is 17.6 Å². The summed E-state index contributed by atoms with van der Waals surface area (Å²) in [5, 5.41) is 11.5. The van der Waals surface area contributed by atoms with E-state index in [1.807, 2.05) is 67.1 Å². The van der Waals surface area contributed by atoms with Gasteiger partial charge in [-0.3, -0.25) is 4.79 Å². The van der Waals surface area contributed by atoms with Gasteiger partial charge in [0.05, 0.1) is 19.2 Å². The van der Waals surface area contributed by atoms with E-state index >= 15 is 0 Å². The van der Waals surface area contributed by atoms with Crippen LogP contribution in [-0.2, 0) is 6.54 Å². The lowest BCUT2D eigenvalue weighted by atomic mass is 10.1. The van der Waals surface area contributed by atoms with Crippen LogP contribution < -0.4 is 10.1 Å². The van der Waals surface area contributed by atoms with Crippen molar-refractivity contribution in [3.05, 3.63) is 82.9 Å². The van der Waals surface area contributed by atoms with Crippen LogP contribution in [0.1, 0.15) is 27.0 Å².